The van der Waals surface area contributed by atoms with Crippen molar-refractivity contribution >= 4 is 5.95 Å². The molecule has 2 aromatic rings. The number of halogens is 3. The van der Waals surface area contributed by atoms with Crippen molar-refractivity contribution in [2.45, 2.75) is 13.2 Å². The van der Waals surface area contributed by atoms with Crippen molar-refractivity contribution in [2.75, 3.05) is 5.01 Å². The van der Waals surface area contributed by atoms with E-state index in [1.54, 1.807) is 19.1 Å². The molecular formula is C10H9F3N6O. The minimum Gasteiger partial charge on any atom is -0.245 e. The third-order valence-corrected chi connectivity index (χ3v) is 2.39. The van der Waals surface area contributed by atoms with Crippen LogP contribution in [0, 0.1) is 6.92 Å². The molecule has 0 amide bonds. The lowest BCUT2D eigenvalue weighted by Crippen LogP contribution is -2.46. The minimum atomic E-state index is -4.88. The number of nitrogens with zero attached hydrogens (tertiary/aromatic N) is 5. The molecule has 0 saturated heterocycles. The number of nitrogens with two attached hydrogens (primary N) is 1. The molecule has 0 aliphatic carbocycles. The van der Waals surface area contributed by atoms with Crippen molar-refractivity contribution in [3.63, 3.8) is 0 Å². The van der Waals surface area contributed by atoms with Crippen molar-refractivity contribution in [2.24, 2.45) is 5.84 Å². The van der Waals surface area contributed by atoms with Crippen LogP contribution >= 0.6 is 0 Å². The Hall–Kier alpha value is -2.49. The van der Waals surface area contributed by atoms with Gasteiger partial charge in [0.05, 0.1) is 0 Å². The summed E-state index contributed by atoms with van der Waals surface area (Å²) in [5.41, 5.74) is -0.317. The molecule has 10 heteroatoms. The van der Waals surface area contributed by atoms with E-state index in [-0.39, 0.29) is 5.82 Å². The summed E-state index contributed by atoms with van der Waals surface area (Å²) >= 11 is 0. The number of rotatable bonds is 2. The van der Waals surface area contributed by atoms with Crippen molar-refractivity contribution in [3.05, 3.63) is 40.7 Å². The second-order valence-electron chi connectivity index (χ2n) is 3.79. The van der Waals surface area contributed by atoms with E-state index in [1.807, 2.05) is 0 Å². The molecule has 0 aliphatic rings. The summed E-state index contributed by atoms with van der Waals surface area (Å²) in [6, 6.07) is 3.35. The van der Waals surface area contributed by atoms with E-state index in [2.05, 4.69) is 15.0 Å². The number of hydrogen-bond donors (Lipinski definition) is 1. The Morgan fingerprint density at radius 3 is 2.60 bits per heavy atom. The zero-order chi connectivity index (χ0) is 14.9. The number of aryl methyl sites for hydroxylation is 1. The molecule has 0 aromatic carbocycles. The molecule has 0 atom stereocenters. The molecule has 2 heterocycles. The molecule has 0 aliphatic heterocycles. The SMILES string of the molecule is Cc1cccnc1-n1cnc(N(N)C(F)(F)F)nc1=O. The summed E-state index contributed by atoms with van der Waals surface area (Å²) in [4.78, 5) is 22.3. The van der Waals surface area contributed by atoms with Gasteiger partial charge in [-0.05, 0) is 18.6 Å². The monoisotopic (exact) mass is 286 g/mol. The maximum Gasteiger partial charge on any atom is 0.501 e. The zero-order valence-corrected chi connectivity index (χ0v) is 10.2. The Bertz CT molecular complexity index is 683. The Kier molecular flexibility index (Phi) is 3.40. The summed E-state index contributed by atoms with van der Waals surface area (Å²) in [6.45, 7) is 1.69. The van der Waals surface area contributed by atoms with Crippen molar-refractivity contribution in [3.8, 4) is 5.82 Å². The molecule has 2 N–H and O–H groups in total. The normalized spacial score (nSPS) is 11.4. The van der Waals surface area contributed by atoms with Gasteiger partial charge in [-0.25, -0.2) is 25.2 Å². The fourth-order valence-electron chi connectivity index (χ4n) is 1.43. The van der Waals surface area contributed by atoms with Crippen LogP contribution < -0.4 is 16.5 Å². The Balaban J connectivity index is 2.47. The van der Waals surface area contributed by atoms with Crippen molar-refractivity contribution in [1.82, 2.24) is 19.5 Å². The van der Waals surface area contributed by atoms with Gasteiger partial charge in [-0.15, -0.1) is 13.2 Å². The predicted molar refractivity (Wildman–Crippen MR) is 62.9 cm³/mol. The van der Waals surface area contributed by atoms with Crippen molar-refractivity contribution < 1.29 is 13.2 Å². The highest BCUT2D eigenvalue weighted by Crippen LogP contribution is 2.20. The van der Waals surface area contributed by atoms with Gasteiger partial charge in [-0.1, -0.05) is 6.07 Å². The molecule has 0 radical (unpaired) electrons. The van der Waals surface area contributed by atoms with Crippen molar-refractivity contribution in [1.29, 1.82) is 0 Å². The zero-order valence-electron chi connectivity index (χ0n) is 10.2. The fraction of sp³-hybridized carbons (Fsp3) is 0.200. The summed E-state index contributed by atoms with van der Waals surface area (Å²) in [6.07, 6.45) is -2.54. The fourth-order valence-corrected chi connectivity index (χ4v) is 1.43. The lowest BCUT2D eigenvalue weighted by Gasteiger charge is -2.18. The molecule has 7 nitrogen and oxygen atoms in total. The molecule has 0 fully saturated rings. The first-order chi connectivity index (χ1) is 9.30. The summed E-state index contributed by atoms with van der Waals surface area (Å²) < 4.78 is 38.0. The summed E-state index contributed by atoms with van der Waals surface area (Å²) in [5, 5.41) is -0.635. The van der Waals surface area contributed by atoms with Gasteiger partial charge >= 0.3 is 12.0 Å². The van der Waals surface area contributed by atoms with Crippen LogP contribution in [0.15, 0.2) is 29.5 Å². The van der Waals surface area contributed by atoms with Gasteiger partial charge in [0.1, 0.15) is 12.1 Å². The van der Waals surface area contributed by atoms with Crippen LogP contribution in [0.3, 0.4) is 0 Å². The van der Waals surface area contributed by atoms with Crippen LogP contribution in [0.1, 0.15) is 5.56 Å². The Morgan fingerprint density at radius 1 is 1.35 bits per heavy atom. The lowest BCUT2D eigenvalue weighted by molar-refractivity contribution is -0.130. The van der Waals surface area contributed by atoms with E-state index in [4.69, 9.17) is 5.84 Å². The molecule has 2 aromatic heterocycles. The number of hydrazine groups is 1. The van der Waals surface area contributed by atoms with Gasteiger partial charge < -0.3 is 0 Å². The average Bonchev–Trinajstić information content (AvgIpc) is 2.38. The first kappa shape index (κ1) is 13.9. The van der Waals surface area contributed by atoms with E-state index >= 15 is 0 Å². The van der Waals surface area contributed by atoms with Crippen LogP contribution in [0.5, 0.6) is 0 Å². The number of anilines is 1. The van der Waals surface area contributed by atoms with Gasteiger partial charge in [-0.3, -0.25) is 0 Å². The Labute approximate surface area is 110 Å². The lowest BCUT2D eigenvalue weighted by atomic mass is 10.3. The number of alkyl halides is 3. The van der Waals surface area contributed by atoms with E-state index in [0.29, 0.717) is 5.56 Å². The Morgan fingerprint density at radius 2 is 2.05 bits per heavy atom. The van der Waals surface area contributed by atoms with Gasteiger partial charge in [0.2, 0.25) is 0 Å². The molecule has 0 unspecified atom stereocenters. The summed E-state index contributed by atoms with van der Waals surface area (Å²) in [5.74, 6) is 4.08. The number of hydrogen-bond acceptors (Lipinski definition) is 6. The molecule has 106 valence electrons. The van der Waals surface area contributed by atoms with E-state index < -0.39 is 22.9 Å². The van der Waals surface area contributed by atoms with Crippen LogP contribution in [0.4, 0.5) is 19.1 Å². The van der Waals surface area contributed by atoms with E-state index in [0.717, 1.165) is 10.9 Å². The largest absolute Gasteiger partial charge is 0.501 e. The highest BCUT2D eigenvalue weighted by atomic mass is 19.4. The smallest absolute Gasteiger partial charge is 0.245 e. The minimum absolute atomic E-state index is 0.236. The first-order valence-electron chi connectivity index (χ1n) is 5.30. The number of pyridine rings is 1. The molecule has 20 heavy (non-hydrogen) atoms. The van der Waals surface area contributed by atoms with Gasteiger partial charge in [0.15, 0.2) is 0 Å². The summed E-state index contributed by atoms with van der Waals surface area (Å²) in [7, 11) is 0. The van der Waals surface area contributed by atoms with Crippen LogP contribution in [0.25, 0.3) is 5.82 Å². The quantitative estimate of drug-likeness (QED) is 0.492. The van der Waals surface area contributed by atoms with E-state index in [9.17, 15) is 18.0 Å². The van der Waals surface area contributed by atoms with E-state index in [1.165, 1.54) is 6.20 Å². The third kappa shape index (κ3) is 2.59. The van der Waals surface area contributed by atoms with Gasteiger partial charge in [0.25, 0.3) is 5.95 Å². The van der Waals surface area contributed by atoms with Gasteiger partial charge in [-0.2, -0.15) is 9.99 Å². The second kappa shape index (κ2) is 4.89. The molecular weight excluding hydrogens is 277 g/mol. The van der Waals surface area contributed by atoms with Gasteiger partial charge in [0, 0.05) is 6.20 Å². The topological polar surface area (TPSA) is 89.9 Å². The van der Waals surface area contributed by atoms with Crippen LogP contribution in [0.2, 0.25) is 0 Å². The maximum atomic E-state index is 12.4. The third-order valence-electron chi connectivity index (χ3n) is 2.39. The average molecular weight is 286 g/mol. The predicted octanol–water partition coefficient (Wildman–Crippen LogP) is 0.531. The maximum absolute atomic E-state index is 12.4. The molecule has 2 rings (SSSR count). The number of aromatic nitrogens is 4. The standard InChI is InChI=1S/C10H9F3N6O/c1-6-3-2-4-15-7(6)18-5-16-8(17-9(18)20)19(14)10(11,12)13/h2-5H,14H2,1H3. The second-order valence-corrected chi connectivity index (χ2v) is 3.79. The highest BCUT2D eigenvalue weighted by molar-refractivity contribution is 5.33. The molecule has 0 saturated carbocycles. The molecule has 0 spiro atoms. The van der Waals surface area contributed by atoms with Crippen LogP contribution in [-0.2, 0) is 0 Å². The first-order valence-corrected chi connectivity index (χ1v) is 5.30. The highest BCUT2D eigenvalue weighted by Gasteiger charge is 2.37. The van der Waals surface area contributed by atoms with Crippen LogP contribution in [-0.4, -0.2) is 25.8 Å². The molecule has 0 bridgehead atoms.